The van der Waals surface area contributed by atoms with Crippen LogP contribution in [0.4, 0.5) is 0 Å². The second-order valence-corrected chi connectivity index (χ2v) is 4.42. The summed E-state index contributed by atoms with van der Waals surface area (Å²) in [6.45, 7) is 2.19. The van der Waals surface area contributed by atoms with E-state index >= 15 is 0 Å². The zero-order chi connectivity index (χ0) is 12.1. The number of carbonyl (C=O) groups is 1. The van der Waals surface area contributed by atoms with Crippen LogP contribution >= 0.6 is 0 Å². The van der Waals surface area contributed by atoms with Crippen molar-refractivity contribution in [2.45, 2.75) is 32.1 Å². The molecular formula is C16H18O. The van der Waals surface area contributed by atoms with Crippen molar-refractivity contribution in [2.24, 2.45) is 0 Å². The lowest BCUT2D eigenvalue weighted by molar-refractivity contribution is -0.108. The van der Waals surface area contributed by atoms with Gasteiger partial charge in [0.15, 0.2) is 0 Å². The fourth-order valence-electron chi connectivity index (χ4n) is 2.46. The summed E-state index contributed by atoms with van der Waals surface area (Å²) in [5, 5.41) is 2.61. The monoisotopic (exact) mass is 226 g/mol. The SMILES string of the molecule is CC[C@H](CCC=O)c1cccc2ccccc12. The summed E-state index contributed by atoms with van der Waals surface area (Å²) in [5.41, 5.74) is 1.38. The number of fused-ring (bicyclic) bond motifs is 1. The van der Waals surface area contributed by atoms with Crippen LogP contribution in [0.1, 0.15) is 37.7 Å². The number of hydrogen-bond donors (Lipinski definition) is 0. The molecule has 1 atom stereocenters. The third-order valence-corrected chi connectivity index (χ3v) is 3.39. The third kappa shape index (κ3) is 2.55. The topological polar surface area (TPSA) is 17.1 Å². The Morgan fingerprint density at radius 2 is 1.88 bits per heavy atom. The van der Waals surface area contributed by atoms with Crippen LogP contribution in [-0.4, -0.2) is 6.29 Å². The van der Waals surface area contributed by atoms with Crippen molar-refractivity contribution in [1.82, 2.24) is 0 Å². The van der Waals surface area contributed by atoms with Gasteiger partial charge in [0, 0.05) is 6.42 Å². The van der Waals surface area contributed by atoms with Crippen LogP contribution < -0.4 is 0 Å². The molecule has 1 nitrogen and oxygen atoms in total. The molecule has 0 bridgehead atoms. The lowest BCUT2D eigenvalue weighted by atomic mass is 9.88. The van der Waals surface area contributed by atoms with E-state index in [0.29, 0.717) is 12.3 Å². The van der Waals surface area contributed by atoms with Crippen LogP contribution in [0, 0.1) is 0 Å². The highest BCUT2D eigenvalue weighted by Crippen LogP contribution is 2.30. The molecule has 0 radical (unpaired) electrons. The molecule has 0 unspecified atom stereocenters. The summed E-state index contributed by atoms with van der Waals surface area (Å²) in [6, 6.07) is 14.9. The van der Waals surface area contributed by atoms with Gasteiger partial charge in [0.05, 0.1) is 0 Å². The Morgan fingerprint density at radius 3 is 2.65 bits per heavy atom. The summed E-state index contributed by atoms with van der Waals surface area (Å²) in [4.78, 5) is 10.5. The summed E-state index contributed by atoms with van der Waals surface area (Å²) in [5.74, 6) is 0.492. The molecule has 0 fully saturated rings. The van der Waals surface area contributed by atoms with Crippen LogP contribution in [-0.2, 0) is 4.79 Å². The van der Waals surface area contributed by atoms with Gasteiger partial charge < -0.3 is 4.79 Å². The van der Waals surface area contributed by atoms with Gasteiger partial charge in [0.25, 0.3) is 0 Å². The van der Waals surface area contributed by atoms with E-state index in [1.807, 2.05) is 0 Å². The first-order valence-corrected chi connectivity index (χ1v) is 6.28. The predicted octanol–water partition coefficient (Wildman–Crippen LogP) is 4.31. The fourth-order valence-corrected chi connectivity index (χ4v) is 2.46. The molecule has 17 heavy (non-hydrogen) atoms. The van der Waals surface area contributed by atoms with E-state index in [4.69, 9.17) is 0 Å². The second-order valence-electron chi connectivity index (χ2n) is 4.42. The number of hydrogen-bond acceptors (Lipinski definition) is 1. The third-order valence-electron chi connectivity index (χ3n) is 3.39. The maximum Gasteiger partial charge on any atom is 0.120 e. The Morgan fingerprint density at radius 1 is 1.12 bits per heavy atom. The van der Waals surface area contributed by atoms with Gasteiger partial charge in [-0.15, -0.1) is 0 Å². The first-order valence-electron chi connectivity index (χ1n) is 6.28. The molecule has 0 N–H and O–H groups in total. The Bertz CT molecular complexity index is 496. The molecule has 0 aliphatic carbocycles. The Hall–Kier alpha value is -1.63. The standard InChI is InChI=1S/C16H18O/c1-2-13(9-6-12-17)15-11-5-8-14-7-3-4-10-16(14)15/h3-5,7-8,10-13H,2,6,9H2,1H3/t13-/m1/s1. The van der Waals surface area contributed by atoms with Gasteiger partial charge >= 0.3 is 0 Å². The van der Waals surface area contributed by atoms with Crippen molar-refractivity contribution < 1.29 is 4.79 Å². The maximum absolute atomic E-state index is 10.5. The molecule has 88 valence electrons. The van der Waals surface area contributed by atoms with Crippen molar-refractivity contribution in [2.75, 3.05) is 0 Å². The van der Waals surface area contributed by atoms with Gasteiger partial charge in [-0.1, -0.05) is 49.4 Å². The Labute approximate surface area is 102 Å². The fraction of sp³-hybridized carbons (Fsp3) is 0.312. The molecule has 0 aliphatic rings. The minimum absolute atomic E-state index is 0.492. The maximum atomic E-state index is 10.5. The lowest BCUT2D eigenvalue weighted by Crippen LogP contribution is -1.99. The average Bonchev–Trinajstić information content (AvgIpc) is 2.40. The largest absolute Gasteiger partial charge is 0.303 e. The number of aldehydes is 1. The van der Waals surface area contributed by atoms with E-state index in [2.05, 4.69) is 49.4 Å². The number of benzene rings is 2. The van der Waals surface area contributed by atoms with Gasteiger partial charge in [0.2, 0.25) is 0 Å². The summed E-state index contributed by atoms with van der Waals surface area (Å²) >= 11 is 0. The highest BCUT2D eigenvalue weighted by Gasteiger charge is 2.11. The van der Waals surface area contributed by atoms with Crippen molar-refractivity contribution in [3.8, 4) is 0 Å². The van der Waals surface area contributed by atoms with E-state index in [1.165, 1.54) is 16.3 Å². The first kappa shape index (κ1) is 11.8. The highest BCUT2D eigenvalue weighted by molar-refractivity contribution is 5.86. The van der Waals surface area contributed by atoms with Crippen LogP contribution in [0.2, 0.25) is 0 Å². The molecule has 2 aromatic rings. The molecule has 0 heterocycles. The Kier molecular flexibility index (Phi) is 3.92. The van der Waals surface area contributed by atoms with Gasteiger partial charge in [-0.05, 0) is 35.1 Å². The zero-order valence-electron chi connectivity index (χ0n) is 10.2. The van der Waals surface area contributed by atoms with Gasteiger partial charge in [-0.3, -0.25) is 0 Å². The smallest absolute Gasteiger partial charge is 0.120 e. The van der Waals surface area contributed by atoms with E-state index in [-0.39, 0.29) is 0 Å². The number of rotatable bonds is 5. The lowest BCUT2D eigenvalue weighted by Gasteiger charge is -2.16. The van der Waals surface area contributed by atoms with E-state index < -0.39 is 0 Å². The second kappa shape index (κ2) is 5.62. The van der Waals surface area contributed by atoms with Crippen molar-refractivity contribution in [3.63, 3.8) is 0 Å². The van der Waals surface area contributed by atoms with Crippen LogP contribution in [0.5, 0.6) is 0 Å². The van der Waals surface area contributed by atoms with Crippen LogP contribution in [0.15, 0.2) is 42.5 Å². The normalized spacial score (nSPS) is 12.5. The zero-order valence-corrected chi connectivity index (χ0v) is 10.2. The summed E-state index contributed by atoms with van der Waals surface area (Å²) < 4.78 is 0. The first-order chi connectivity index (χ1) is 8.36. The van der Waals surface area contributed by atoms with Crippen molar-refractivity contribution in [3.05, 3.63) is 48.0 Å². The molecule has 1 heteroatoms. The Balaban J connectivity index is 2.42. The molecule has 2 rings (SSSR count). The van der Waals surface area contributed by atoms with E-state index in [0.717, 1.165) is 19.1 Å². The highest BCUT2D eigenvalue weighted by atomic mass is 16.1. The van der Waals surface area contributed by atoms with E-state index in [9.17, 15) is 4.79 Å². The van der Waals surface area contributed by atoms with Crippen molar-refractivity contribution >= 4 is 17.1 Å². The average molecular weight is 226 g/mol. The molecule has 0 aromatic heterocycles. The minimum atomic E-state index is 0.492. The molecule has 0 spiro atoms. The minimum Gasteiger partial charge on any atom is -0.303 e. The van der Waals surface area contributed by atoms with E-state index in [1.54, 1.807) is 0 Å². The number of carbonyl (C=O) groups excluding carboxylic acids is 1. The van der Waals surface area contributed by atoms with Crippen LogP contribution in [0.3, 0.4) is 0 Å². The molecule has 0 aliphatic heterocycles. The predicted molar refractivity (Wildman–Crippen MR) is 72.3 cm³/mol. The van der Waals surface area contributed by atoms with Gasteiger partial charge in [-0.2, -0.15) is 0 Å². The molecule has 0 saturated heterocycles. The molecule has 0 saturated carbocycles. The summed E-state index contributed by atoms with van der Waals surface area (Å²) in [6.07, 6.45) is 3.71. The molecule has 0 amide bonds. The van der Waals surface area contributed by atoms with Gasteiger partial charge in [0.1, 0.15) is 6.29 Å². The molecule has 2 aromatic carbocycles. The van der Waals surface area contributed by atoms with Crippen molar-refractivity contribution in [1.29, 1.82) is 0 Å². The van der Waals surface area contributed by atoms with Gasteiger partial charge in [-0.25, -0.2) is 0 Å². The van der Waals surface area contributed by atoms with Crippen LogP contribution in [0.25, 0.3) is 10.8 Å². The molecular weight excluding hydrogens is 208 g/mol. The quantitative estimate of drug-likeness (QED) is 0.694. The summed E-state index contributed by atoms with van der Waals surface area (Å²) in [7, 11) is 0.